The molecule has 1 heterocycles. The molecule has 1 saturated carbocycles. The zero-order valence-electron chi connectivity index (χ0n) is 8.73. The predicted octanol–water partition coefficient (Wildman–Crippen LogP) is 1.38. The molecule has 2 heteroatoms. The molecule has 1 saturated heterocycles. The van der Waals surface area contributed by atoms with Crippen LogP contribution in [0.3, 0.4) is 0 Å². The lowest BCUT2D eigenvalue weighted by Gasteiger charge is -2.30. The maximum absolute atomic E-state index is 3.63. The average molecular weight is 182 g/mol. The van der Waals surface area contributed by atoms with Crippen LogP contribution in [0.2, 0.25) is 0 Å². The minimum Gasteiger partial charge on any atom is -0.316 e. The molecular weight excluding hydrogens is 160 g/mol. The van der Waals surface area contributed by atoms with Crippen LogP contribution < -0.4 is 10.6 Å². The van der Waals surface area contributed by atoms with Crippen LogP contribution in [-0.4, -0.2) is 26.2 Å². The highest BCUT2D eigenvalue weighted by Crippen LogP contribution is 2.36. The highest BCUT2D eigenvalue weighted by molar-refractivity contribution is 4.84. The van der Waals surface area contributed by atoms with Gasteiger partial charge < -0.3 is 10.6 Å². The Morgan fingerprint density at radius 2 is 2.00 bits per heavy atom. The molecule has 0 bridgehead atoms. The Hall–Kier alpha value is -0.0800. The smallest absolute Gasteiger partial charge is 0.000529 e. The second-order valence-electron chi connectivity index (χ2n) is 5.17. The topological polar surface area (TPSA) is 24.1 Å². The summed E-state index contributed by atoms with van der Waals surface area (Å²) >= 11 is 0. The van der Waals surface area contributed by atoms with Crippen molar-refractivity contribution in [3.8, 4) is 0 Å². The Morgan fingerprint density at radius 1 is 1.31 bits per heavy atom. The van der Waals surface area contributed by atoms with E-state index in [2.05, 4.69) is 17.6 Å². The van der Waals surface area contributed by atoms with Crippen LogP contribution >= 0.6 is 0 Å². The van der Waals surface area contributed by atoms with Crippen molar-refractivity contribution in [2.24, 2.45) is 11.3 Å². The number of hydrogen-bond acceptors (Lipinski definition) is 2. The third-order valence-electron chi connectivity index (χ3n) is 3.66. The van der Waals surface area contributed by atoms with E-state index in [4.69, 9.17) is 0 Å². The van der Waals surface area contributed by atoms with Crippen LogP contribution in [0.4, 0.5) is 0 Å². The van der Waals surface area contributed by atoms with Crippen LogP contribution in [0, 0.1) is 11.3 Å². The molecule has 2 rings (SSSR count). The van der Waals surface area contributed by atoms with Crippen molar-refractivity contribution >= 4 is 0 Å². The largest absolute Gasteiger partial charge is 0.316 e. The second-order valence-corrected chi connectivity index (χ2v) is 5.17. The molecule has 0 unspecified atom stereocenters. The van der Waals surface area contributed by atoms with Gasteiger partial charge in [-0.3, -0.25) is 0 Å². The third-order valence-corrected chi connectivity index (χ3v) is 3.66. The van der Waals surface area contributed by atoms with Crippen LogP contribution in [0.5, 0.6) is 0 Å². The molecule has 0 atom stereocenters. The molecule has 13 heavy (non-hydrogen) atoms. The SMILES string of the molecule is CC1(CNCC2CNC2)CCCC1. The fourth-order valence-corrected chi connectivity index (χ4v) is 2.48. The lowest BCUT2D eigenvalue weighted by molar-refractivity contribution is 0.277. The minimum atomic E-state index is 0.622. The zero-order chi connectivity index (χ0) is 9.15. The van der Waals surface area contributed by atoms with Gasteiger partial charge in [0.2, 0.25) is 0 Å². The lowest BCUT2D eigenvalue weighted by Crippen LogP contribution is -2.48. The van der Waals surface area contributed by atoms with Gasteiger partial charge in [-0.1, -0.05) is 19.8 Å². The van der Waals surface area contributed by atoms with Crippen LogP contribution in [0.25, 0.3) is 0 Å². The van der Waals surface area contributed by atoms with Gasteiger partial charge in [-0.25, -0.2) is 0 Å². The highest BCUT2D eigenvalue weighted by atomic mass is 15.0. The fourth-order valence-electron chi connectivity index (χ4n) is 2.48. The van der Waals surface area contributed by atoms with E-state index in [1.165, 1.54) is 51.9 Å². The van der Waals surface area contributed by atoms with Crippen molar-refractivity contribution in [3.05, 3.63) is 0 Å². The van der Waals surface area contributed by atoms with E-state index in [0.29, 0.717) is 5.41 Å². The van der Waals surface area contributed by atoms with Gasteiger partial charge in [-0.2, -0.15) is 0 Å². The molecule has 1 aliphatic carbocycles. The van der Waals surface area contributed by atoms with Gasteiger partial charge in [0.25, 0.3) is 0 Å². The summed E-state index contributed by atoms with van der Waals surface area (Å²) in [5.74, 6) is 0.907. The third kappa shape index (κ3) is 2.44. The zero-order valence-corrected chi connectivity index (χ0v) is 8.73. The number of rotatable bonds is 4. The summed E-state index contributed by atoms with van der Waals surface area (Å²) in [6, 6.07) is 0. The van der Waals surface area contributed by atoms with Crippen molar-refractivity contribution in [1.82, 2.24) is 10.6 Å². The Kier molecular flexibility index (Phi) is 2.89. The van der Waals surface area contributed by atoms with Crippen molar-refractivity contribution in [2.45, 2.75) is 32.6 Å². The Balaban J connectivity index is 1.60. The summed E-state index contributed by atoms with van der Waals surface area (Å²) in [6.07, 6.45) is 5.76. The first kappa shape index (κ1) is 9.47. The molecule has 0 aromatic rings. The molecule has 0 amide bonds. The molecule has 0 radical (unpaired) electrons. The van der Waals surface area contributed by atoms with E-state index in [9.17, 15) is 0 Å². The summed E-state index contributed by atoms with van der Waals surface area (Å²) in [5.41, 5.74) is 0.622. The first-order chi connectivity index (χ1) is 6.29. The molecule has 0 aromatic heterocycles. The lowest BCUT2D eigenvalue weighted by atomic mass is 9.88. The fraction of sp³-hybridized carbons (Fsp3) is 1.00. The summed E-state index contributed by atoms with van der Waals surface area (Å²) < 4.78 is 0. The average Bonchev–Trinajstić information content (AvgIpc) is 2.43. The Labute approximate surface area is 81.5 Å². The first-order valence-electron chi connectivity index (χ1n) is 5.70. The van der Waals surface area contributed by atoms with E-state index >= 15 is 0 Å². The summed E-state index contributed by atoms with van der Waals surface area (Å²) in [4.78, 5) is 0. The number of nitrogens with one attached hydrogen (secondary N) is 2. The van der Waals surface area contributed by atoms with Crippen molar-refractivity contribution < 1.29 is 0 Å². The van der Waals surface area contributed by atoms with Crippen molar-refractivity contribution in [3.63, 3.8) is 0 Å². The van der Waals surface area contributed by atoms with Crippen LogP contribution in [-0.2, 0) is 0 Å². The van der Waals surface area contributed by atoms with Gasteiger partial charge in [0, 0.05) is 26.2 Å². The predicted molar refractivity (Wildman–Crippen MR) is 55.8 cm³/mol. The van der Waals surface area contributed by atoms with Crippen LogP contribution in [0.1, 0.15) is 32.6 Å². The summed E-state index contributed by atoms with van der Waals surface area (Å²) in [5, 5.41) is 6.94. The molecule has 76 valence electrons. The standard InChI is InChI=1S/C11H22N2/c1-11(4-2-3-5-11)9-13-8-10-6-12-7-10/h10,12-13H,2-9H2,1H3. The van der Waals surface area contributed by atoms with Gasteiger partial charge in [0.05, 0.1) is 0 Å². The molecule has 2 N–H and O–H groups in total. The van der Waals surface area contributed by atoms with E-state index in [-0.39, 0.29) is 0 Å². The van der Waals surface area contributed by atoms with E-state index in [0.717, 1.165) is 5.92 Å². The summed E-state index contributed by atoms with van der Waals surface area (Å²) in [7, 11) is 0. The normalized spacial score (nSPS) is 27.5. The Bertz CT molecular complexity index is 157. The second kappa shape index (κ2) is 3.97. The first-order valence-corrected chi connectivity index (χ1v) is 5.70. The molecule has 1 aliphatic heterocycles. The van der Waals surface area contributed by atoms with E-state index < -0.39 is 0 Å². The van der Waals surface area contributed by atoms with Crippen molar-refractivity contribution in [2.75, 3.05) is 26.2 Å². The Morgan fingerprint density at radius 3 is 2.54 bits per heavy atom. The molecule has 0 spiro atoms. The van der Waals surface area contributed by atoms with Gasteiger partial charge in [0.15, 0.2) is 0 Å². The number of hydrogen-bond donors (Lipinski definition) is 2. The monoisotopic (exact) mass is 182 g/mol. The van der Waals surface area contributed by atoms with E-state index in [1.807, 2.05) is 0 Å². The van der Waals surface area contributed by atoms with Crippen molar-refractivity contribution in [1.29, 1.82) is 0 Å². The van der Waals surface area contributed by atoms with Crippen LogP contribution in [0.15, 0.2) is 0 Å². The quantitative estimate of drug-likeness (QED) is 0.686. The van der Waals surface area contributed by atoms with Gasteiger partial charge in [0.1, 0.15) is 0 Å². The minimum absolute atomic E-state index is 0.622. The highest BCUT2D eigenvalue weighted by Gasteiger charge is 2.28. The molecule has 2 aliphatic rings. The molecule has 0 aromatic carbocycles. The summed E-state index contributed by atoms with van der Waals surface area (Å²) in [6.45, 7) is 7.35. The van der Waals surface area contributed by atoms with Gasteiger partial charge in [-0.15, -0.1) is 0 Å². The van der Waals surface area contributed by atoms with E-state index in [1.54, 1.807) is 0 Å². The molecule has 2 fully saturated rings. The maximum Gasteiger partial charge on any atom is 0.000529 e. The van der Waals surface area contributed by atoms with Gasteiger partial charge in [-0.05, 0) is 24.2 Å². The molecule has 2 nitrogen and oxygen atoms in total. The maximum atomic E-state index is 3.63. The van der Waals surface area contributed by atoms with Gasteiger partial charge >= 0.3 is 0 Å². The molecular formula is C11H22N2.